The minimum Gasteiger partial charge on any atom is -0.343 e. The molecular weight excluding hydrogens is 364 g/mol. The van der Waals surface area contributed by atoms with Crippen LogP contribution in [-0.4, -0.2) is 54.0 Å². The van der Waals surface area contributed by atoms with E-state index in [4.69, 9.17) is 5.73 Å². The number of carbonyl (C=O) groups is 2. The average molecular weight is 395 g/mol. The Morgan fingerprint density at radius 3 is 2.48 bits per heavy atom. The third kappa shape index (κ3) is 5.59. The molecule has 1 saturated heterocycles. The Labute approximate surface area is 167 Å². The number of fused-ring (bicyclic) bond motifs is 1. The van der Waals surface area contributed by atoms with Gasteiger partial charge in [-0.1, -0.05) is 24.3 Å². The van der Waals surface area contributed by atoms with Gasteiger partial charge in [0, 0.05) is 45.2 Å². The van der Waals surface area contributed by atoms with Gasteiger partial charge in [-0.05, 0) is 43.2 Å². The molecule has 6 nitrogen and oxygen atoms in total. The number of rotatable bonds is 4. The first kappa shape index (κ1) is 21.5. The molecule has 0 aromatic heterocycles. The van der Waals surface area contributed by atoms with Crippen molar-refractivity contribution >= 4 is 24.3 Å². The van der Waals surface area contributed by atoms with Gasteiger partial charge in [0.2, 0.25) is 5.91 Å². The number of urea groups is 1. The first-order valence-electron chi connectivity index (χ1n) is 9.67. The maximum Gasteiger partial charge on any atom is 0.317 e. The fourth-order valence-electron chi connectivity index (χ4n) is 3.89. The van der Waals surface area contributed by atoms with Crippen LogP contribution in [0.4, 0.5) is 4.79 Å². The molecule has 0 bridgehead atoms. The fourth-order valence-corrected chi connectivity index (χ4v) is 3.89. The van der Waals surface area contributed by atoms with Crippen LogP contribution in [-0.2, 0) is 17.8 Å². The molecule has 3 N–H and O–H groups in total. The number of halogens is 1. The number of piperidine rings is 1. The zero-order chi connectivity index (χ0) is 18.5. The largest absolute Gasteiger partial charge is 0.343 e. The highest BCUT2D eigenvalue weighted by molar-refractivity contribution is 5.85. The average Bonchev–Trinajstić information content (AvgIpc) is 2.67. The Morgan fingerprint density at radius 2 is 1.81 bits per heavy atom. The van der Waals surface area contributed by atoms with Crippen LogP contribution in [0.2, 0.25) is 0 Å². The number of hydrogen-bond donors (Lipinski definition) is 2. The van der Waals surface area contributed by atoms with Crippen molar-refractivity contribution in [3.63, 3.8) is 0 Å². The second-order valence-electron chi connectivity index (χ2n) is 7.50. The lowest BCUT2D eigenvalue weighted by Gasteiger charge is -2.34. The SMILES string of the molecule is CC(N)C1CCN(C(=O)CCNC(=O)N2CCc3ccccc3C2)CC1.Cl. The van der Waals surface area contributed by atoms with Gasteiger partial charge in [-0.25, -0.2) is 4.79 Å². The summed E-state index contributed by atoms with van der Waals surface area (Å²) in [4.78, 5) is 28.4. The summed E-state index contributed by atoms with van der Waals surface area (Å²) in [5.74, 6) is 0.637. The molecule has 1 atom stereocenters. The molecule has 3 amide bonds. The molecular formula is C20H31ClN4O2. The number of benzene rings is 1. The highest BCUT2D eigenvalue weighted by atomic mass is 35.5. The number of hydrogen-bond acceptors (Lipinski definition) is 3. The fraction of sp³-hybridized carbons (Fsp3) is 0.600. The van der Waals surface area contributed by atoms with E-state index in [0.717, 1.165) is 38.9 Å². The van der Waals surface area contributed by atoms with Crippen molar-refractivity contribution in [3.05, 3.63) is 35.4 Å². The maximum absolute atomic E-state index is 12.4. The molecule has 27 heavy (non-hydrogen) atoms. The predicted molar refractivity (Wildman–Crippen MR) is 109 cm³/mol. The minimum absolute atomic E-state index is 0. The van der Waals surface area contributed by atoms with E-state index in [1.54, 1.807) is 0 Å². The zero-order valence-electron chi connectivity index (χ0n) is 16.0. The number of amides is 3. The summed E-state index contributed by atoms with van der Waals surface area (Å²) in [6.07, 6.45) is 3.20. The van der Waals surface area contributed by atoms with E-state index in [2.05, 4.69) is 17.4 Å². The highest BCUT2D eigenvalue weighted by Gasteiger charge is 2.25. The normalized spacial score (nSPS) is 18.3. The van der Waals surface area contributed by atoms with Gasteiger partial charge in [-0.3, -0.25) is 4.79 Å². The van der Waals surface area contributed by atoms with Crippen molar-refractivity contribution in [2.45, 2.75) is 45.2 Å². The van der Waals surface area contributed by atoms with Crippen LogP contribution in [0.5, 0.6) is 0 Å². The van der Waals surface area contributed by atoms with Crippen LogP contribution in [0, 0.1) is 5.92 Å². The molecule has 1 fully saturated rings. The van der Waals surface area contributed by atoms with E-state index in [-0.39, 0.29) is 30.4 Å². The number of nitrogens with one attached hydrogen (secondary N) is 1. The Hall–Kier alpha value is -1.79. The van der Waals surface area contributed by atoms with Crippen LogP contribution < -0.4 is 11.1 Å². The highest BCUT2D eigenvalue weighted by Crippen LogP contribution is 2.20. The van der Waals surface area contributed by atoms with Gasteiger partial charge in [0.1, 0.15) is 0 Å². The van der Waals surface area contributed by atoms with Gasteiger partial charge in [0.05, 0.1) is 0 Å². The molecule has 3 rings (SSSR count). The molecule has 0 radical (unpaired) electrons. The van der Waals surface area contributed by atoms with Gasteiger partial charge < -0.3 is 20.9 Å². The molecule has 1 unspecified atom stereocenters. The van der Waals surface area contributed by atoms with E-state index in [0.29, 0.717) is 25.4 Å². The second-order valence-corrected chi connectivity index (χ2v) is 7.50. The molecule has 7 heteroatoms. The second kappa shape index (κ2) is 9.95. The summed E-state index contributed by atoms with van der Waals surface area (Å²) in [5, 5.41) is 2.90. The summed E-state index contributed by atoms with van der Waals surface area (Å²) in [6, 6.07) is 8.36. The molecule has 0 aliphatic carbocycles. The van der Waals surface area contributed by atoms with Crippen molar-refractivity contribution in [3.8, 4) is 0 Å². The lowest BCUT2D eigenvalue weighted by Crippen LogP contribution is -2.45. The number of nitrogens with zero attached hydrogens (tertiary/aromatic N) is 2. The monoisotopic (exact) mass is 394 g/mol. The molecule has 2 aliphatic heterocycles. The molecule has 1 aromatic rings. The molecule has 2 heterocycles. The third-order valence-electron chi connectivity index (χ3n) is 5.67. The molecule has 150 valence electrons. The van der Waals surface area contributed by atoms with Crippen molar-refractivity contribution < 1.29 is 9.59 Å². The molecule has 0 spiro atoms. The number of nitrogens with two attached hydrogens (primary N) is 1. The van der Waals surface area contributed by atoms with Crippen LogP contribution in [0.3, 0.4) is 0 Å². The number of likely N-dealkylation sites (tertiary alicyclic amines) is 1. The van der Waals surface area contributed by atoms with Crippen LogP contribution in [0.1, 0.15) is 37.3 Å². The van der Waals surface area contributed by atoms with Gasteiger partial charge in [0.25, 0.3) is 0 Å². The Bertz CT molecular complexity index is 645. The van der Waals surface area contributed by atoms with E-state index in [1.165, 1.54) is 11.1 Å². The zero-order valence-corrected chi connectivity index (χ0v) is 16.8. The van der Waals surface area contributed by atoms with E-state index >= 15 is 0 Å². The van der Waals surface area contributed by atoms with Crippen LogP contribution in [0.25, 0.3) is 0 Å². The van der Waals surface area contributed by atoms with Crippen molar-refractivity contribution in [2.24, 2.45) is 11.7 Å². The summed E-state index contributed by atoms with van der Waals surface area (Å²) in [6.45, 7) is 5.35. The first-order chi connectivity index (χ1) is 12.5. The summed E-state index contributed by atoms with van der Waals surface area (Å²) in [5.41, 5.74) is 8.48. The van der Waals surface area contributed by atoms with E-state index in [9.17, 15) is 9.59 Å². The van der Waals surface area contributed by atoms with Crippen LogP contribution in [0.15, 0.2) is 24.3 Å². The summed E-state index contributed by atoms with van der Waals surface area (Å²) >= 11 is 0. The van der Waals surface area contributed by atoms with Crippen molar-refractivity contribution in [1.82, 2.24) is 15.1 Å². The lowest BCUT2D eigenvalue weighted by atomic mass is 9.91. The molecule has 1 aromatic carbocycles. The van der Waals surface area contributed by atoms with Gasteiger partial charge in [-0.2, -0.15) is 0 Å². The Morgan fingerprint density at radius 1 is 1.15 bits per heavy atom. The minimum atomic E-state index is -0.0806. The number of carbonyl (C=O) groups excluding carboxylic acids is 2. The molecule has 0 saturated carbocycles. The van der Waals surface area contributed by atoms with Gasteiger partial charge in [-0.15, -0.1) is 12.4 Å². The smallest absolute Gasteiger partial charge is 0.317 e. The van der Waals surface area contributed by atoms with Crippen molar-refractivity contribution in [2.75, 3.05) is 26.2 Å². The topological polar surface area (TPSA) is 78.7 Å². The quantitative estimate of drug-likeness (QED) is 0.821. The first-order valence-corrected chi connectivity index (χ1v) is 9.67. The van der Waals surface area contributed by atoms with Gasteiger partial charge >= 0.3 is 6.03 Å². The maximum atomic E-state index is 12.4. The van der Waals surface area contributed by atoms with E-state index < -0.39 is 0 Å². The van der Waals surface area contributed by atoms with Crippen LogP contribution >= 0.6 is 12.4 Å². The predicted octanol–water partition coefficient (Wildman–Crippen LogP) is 2.15. The lowest BCUT2D eigenvalue weighted by molar-refractivity contribution is -0.132. The Balaban J connectivity index is 0.00000261. The molecule has 2 aliphatic rings. The summed E-state index contributed by atoms with van der Waals surface area (Å²) < 4.78 is 0. The third-order valence-corrected chi connectivity index (χ3v) is 5.67. The Kier molecular flexibility index (Phi) is 7.92. The standard InChI is InChI=1S/C20H30N4O2.ClH/c1-15(21)16-7-11-23(12-8-16)19(25)6-10-22-20(26)24-13-9-17-4-2-3-5-18(17)14-24;/h2-5,15-16H,6-14,21H2,1H3,(H,22,26);1H. The van der Waals surface area contributed by atoms with Gasteiger partial charge in [0.15, 0.2) is 0 Å². The van der Waals surface area contributed by atoms with Crippen molar-refractivity contribution in [1.29, 1.82) is 0 Å². The summed E-state index contributed by atoms with van der Waals surface area (Å²) in [7, 11) is 0. The van der Waals surface area contributed by atoms with E-state index in [1.807, 2.05) is 28.9 Å².